The Balaban J connectivity index is 2.10. The molecule has 0 bridgehead atoms. The molecule has 3 aromatic carbocycles. The predicted octanol–water partition coefficient (Wildman–Crippen LogP) is 4.34. The zero-order chi connectivity index (χ0) is 18.4. The smallest absolute Gasteiger partial charge is 0.304 e. The van der Waals surface area contributed by atoms with Crippen LogP contribution < -0.4 is 15.3 Å². The van der Waals surface area contributed by atoms with Crippen LogP contribution >= 0.6 is 7.92 Å². The number of carbonyl (C=O) groups is 1. The van der Waals surface area contributed by atoms with Crippen molar-refractivity contribution < 1.29 is 14.6 Å². The molecule has 0 aliphatic carbocycles. The van der Waals surface area contributed by atoms with Crippen LogP contribution in [0.25, 0.3) is 0 Å². The molecule has 0 aromatic heterocycles. The monoisotopic (exact) mass is 364 g/mol. The molecule has 132 valence electrons. The Morgan fingerprint density at radius 3 is 1.81 bits per heavy atom. The lowest BCUT2D eigenvalue weighted by Gasteiger charge is -2.28. The van der Waals surface area contributed by atoms with Crippen molar-refractivity contribution >= 4 is 24.5 Å². The van der Waals surface area contributed by atoms with Crippen LogP contribution in [0.3, 0.4) is 0 Å². The normalized spacial score (nSPS) is 11.9. The van der Waals surface area contributed by atoms with E-state index in [0.29, 0.717) is 0 Å². The van der Waals surface area contributed by atoms with Gasteiger partial charge < -0.3 is 9.84 Å². The highest BCUT2D eigenvalue weighted by Crippen LogP contribution is 2.51. The van der Waals surface area contributed by atoms with Gasteiger partial charge in [-0.2, -0.15) is 0 Å². The van der Waals surface area contributed by atoms with Gasteiger partial charge in [-0.15, -0.1) is 0 Å². The van der Waals surface area contributed by atoms with E-state index in [2.05, 4.69) is 24.3 Å². The molecule has 0 heterocycles. The van der Waals surface area contributed by atoms with Gasteiger partial charge in [-0.25, -0.2) is 0 Å². The van der Waals surface area contributed by atoms with Crippen molar-refractivity contribution in [3.8, 4) is 5.75 Å². The van der Waals surface area contributed by atoms with Gasteiger partial charge in [-0.3, -0.25) is 4.79 Å². The van der Waals surface area contributed by atoms with Gasteiger partial charge in [0.1, 0.15) is 5.75 Å². The van der Waals surface area contributed by atoms with Crippen molar-refractivity contribution in [2.75, 3.05) is 7.11 Å². The average molecular weight is 364 g/mol. The molecule has 0 amide bonds. The summed E-state index contributed by atoms with van der Waals surface area (Å²) in [6, 6.07) is 28.2. The molecule has 0 spiro atoms. The Bertz CT molecular complexity index is 793. The highest BCUT2D eigenvalue weighted by Gasteiger charge is 2.28. The van der Waals surface area contributed by atoms with Gasteiger partial charge in [0.15, 0.2) is 0 Å². The Morgan fingerprint density at radius 1 is 0.885 bits per heavy atom. The van der Waals surface area contributed by atoms with Crippen molar-refractivity contribution in [2.45, 2.75) is 12.1 Å². The van der Waals surface area contributed by atoms with E-state index in [0.717, 1.165) is 11.3 Å². The zero-order valence-corrected chi connectivity index (χ0v) is 15.5. The maximum absolute atomic E-state index is 11.7. The van der Waals surface area contributed by atoms with Crippen LogP contribution in [0.15, 0.2) is 84.9 Å². The quantitative estimate of drug-likeness (QED) is 0.634. The second-order valence-corrected chi connectivity index (χ2v) is 8.32. The molecule has 1 unspecified atom stereocenters. The molecule has 26 heavy (non-hydrogen) atoms. The highest BCUT2D eigenvalue weighted by atomic mass is 31.1. The molecule has 0 aliphatic heterocycles. The summed E-state index contributed by atoms with van der Waals surface area (Å²) < 4.78 is 5.25. The van der Waals surface area contributed by atoms with E-state index in [1.54, 1.807) is 7.11 Å². The number of methoxy groups -OCH3 is 1. The van der Waals surface area contributed by atoms with Crippen LogP contribution in [0.1, 0.15) is 17.6 Å². The van der Waals surface area contributed by atoms with Crippen LogP contribution in [-0.2, 0) is 4.79 Å². The first-order chi connectivity index (χ1) is 12.7. The first-order valence-electron chi connectivity index (χ1n) is 8.44. The average Bonchev–Trinajstić information content (AvgIpc) is 2.69. The zero-order valence-electron chi connectivity index (χ0n) is 14.6. The number of carboxylic acids is 1. The molecule has 3 nitrogen and oxygen atoms in total. The lowest BCUT2D eigenvalue weighted by atomic mass is 10.1. The summed E-state index contributed by atoms with van der Waals surface area (Å²) in [4.78, 5) is 11.7. The first kappa shape index (κ1) is 18.2. The summed E-state index contributed by atoms with van der Waals surface area (Å²) in [5, 5.41) is 11.9. The van der Waals surface area contributed by atoms with Gasteiger partial charge in [0.25, 0.3) is 0 Å². The van der Waals surface area contributed by atoms with Crippen LogP contribution in [-0.4, -0.2) is 18.2 Å². The standard InChI is InChI=1S/C22H21O3P/c1-25-18-14-12-17(13-15-18)21(16-22(23)24)26(19-8-4-2-5-9-19)20-10-6-3-7-11-20/h2-15,21H,16H2,1H3,(H,23,24). The van der Waals surface area contributed by atoms with Crippen LogP contribution in [0.5, 0.6) is 5.75 Å². The third-order valence-electron chi connectivity index (χ3n) is 4.25. The summed E-state index contributed by atoms with van der Waals surface area (Å²) in [7, 11) is 0.771. The first-order valence-corrected chi connectivity index (χ1v) is 9.85. The van der Waals surface area contributed by atoms with Gasteiger partial charge in [-0.05, 0) is 36.2 Å². The number of hydrogen-bond acceptors (Lipinski definition) is 2. The minimum absolute atomic E-state index is 0.0851. The largest absolute Gasteiger partial charge is 0.497 e. The minimum atomic E-state index is -0.859. The fraction of sp³-hybridized carbons (Fsp3) is 0.136. The molecule has 0 radical (unpaired) electrons. The molecule has 1 atom stereocenters. The maximum atomic E-state index is 11.7. The molecule has 0 saturated carbocycles. The summed E-state index contributed by atoms with van der Waals surface area (Å²) in [5.74, 6) is -0.0169. The van der Waals surface area contributed by atoms with Crippen LogP contribution in [0, 0.1) is 0 Å². The number of carboxylic acid groups (broad SMARTS) is 1. The lowest BCUT2D eigenvalue weighted by molar-refractivity contribution is -0.137. The number of hydrogen-bond donors (Lipinski definition) is 1. The van der Waals surface area contributed by atoms with Gasteiger partial charge in [0, 0.05) is 5.66 Å². The Morgan fingerprint density at radius 2 is 1.38 bits per heavy atom. The summed E-state index contributed by atoms with van der Waals surface area (Å²) in [6.07, 6.45) is 0.0851. The van der Waals surface area contributed by atoms with Crippen LogP contribution in [0.2, 0.25) is 0 Å². The van der Waals surface area contributed by atoms with Crippen LogP contribution in [0.4, 0.5) is 0 Å². The second-order valence-electron chi connectivity index (χ2n) is 5.93. The third kappa shape index (κ3) is 4.30. The summed E-state index contributed by atoms with van der Waals surface area (Å²) in [6.45, 7) is 0. The van der Waals surface area contributed by atoms with Crippen molar-refractivity contribution in [3.05, 3.63) is 90.5 Å². The SMILES string of the molecule is COc1ccc(C(CC(=O)O)P(c2ccccc2)c2ccccc2)cc1. The Labute approximate surface area is 155 Å². The molecule has 3 aromatic rings. The van der Waals surface area contributed by atoms with E-state index < -0.39 is 13.9 Å². The van der Waals surface area contributed by atoms with Gasteiger partial charge in [0.2, 0.25) is 0 Å². The van der Waals surface area contributed by atoms with Crippen molar-refractivity contribution in [1.82, 2.24) is 0 Å². The molecular formula is C22H21O3P. The Kier molecular flexibility index (Phi) is 6.04. The molecule has 1 N–H and O–H groups in total. The van der Waals surface area contributed by atoms with E-state index in [1.165, 1.54) is 10.6 Å². The highest BCUT2D eigenvalue weighted by molar-refractivity contribution is 7.73. The molecular weight excluding hydrogens is 343 g/mol. The van der Waals surface area contributed by atoms with E-state index in [9.17, 15) is 9.90 Å². The van der Waals surface area contributed by atoms with Gasteiger partial charge >= 0.3 is 5.97 Å². The topological polar surface area (TPSA) is 46.5 Å². The minimum Gasteiger partial charge on any atom is -0.497 e. The number of rotatable bonds is 7. The van der Waals surface area contributed by atoms with Gasteiger partial charge in [-0.1, -0.05) is 72.8 Å². The molecule has 0 fully saturated rings. The van der Waals surface area contributed by atoms with Crippen molar-refractivity contribution in [2.24, 2.45) is 0 Å². The van der Waals surface area contributed by atoms with Crippen molar-refractivity contribution in [1.29, 1.82) is 0 Å². The molecule has 3 rings (SSSR count). The molecule has 4 heteroatoms. The van der Waals surface area contributed by atoms with Gasteiger partial charge in [0.05, 0.1) is 13.5 Å². The fourth-order valence-electron chi connectivity index (χ4n) is 3.04. The fourth-order valence-corrected chi connectivity index (χ4v) is 5.85. The van der Waals surface area contributed by atoms with E-state index >= 15 is 0 Å². The second kappa shape index (κ2) is 8.64. The van der Waals surface area contributed by atoms with E-state index in [-0.39, 0.29) is 12.1 Å². The summed E-state index contributed by atoms with van der Waals surface area (Å²) >= 11 is 0. The maximum Gasteiger partial charge on any atom is 0.304 e. The number of ether oxygens (including phenoxy) is 1. The van der Waals surface area contributed by atoms with Crippen molar-refractivity contribution in [3.63, 3.8) is 0 Å². The number of aliphatic carboxylic acids is 1. The molecule has 0 saturated heterocycles. The summed E-state index contributed by atoms with van der Waals surface area (Å²) in [5.41, 5.74) is 0.908. The molecule has 0 aliphatic rings. The predicted molar refractivity (Wildman–Crippen MR) is 107 cm³/mol. The third-order valence-corrected chi connectivity index (χ3v) is 7.06. The van der Waals surface area contributed by atoms with E-state index in [4.69, 9.17) is 4.74 Å². The van der Waals surface area contributed by atoms with E-state index in [1.807, 2.05) is 60.7 Å². The number of benzene rings is 3. The lowest BCUT2D eigenvalue weighted by Crippen LogP contribution is -2.19. The Hall–Kier alpha value is -2.64.